The number of benzene rings is 1. The second kappa shape index (κ2) is 7.93. The van der Waals surface area contributed by atoms with Gasteiger partial charge in [0, 0.05) is 33.2 Å². The molecule has 0 saturated carbocycles. The first-order valence-corrected chi connectivity index (χ1v) is 9.04. The fraction of sp³-hybridized carbons (Fsp3) is 0.368. The Labute approximate surface area is 159 Å². The molecule has 7 heteroatoms. The van der Waals surface area contributed by atoms with Crippen molar-refractivity contribution in [2.45, 2.75) is 6.92 Å². The molecule has 3 rings (SSSR count). The second-order valence-corrected chi connectivity index (χ2v) is 6.98. The molecule has 2 amide bonds. The Balaban J connectivity index is 1.74. The van der Waals surface area contributed by atoms with Gasteiger partial charge in [-0.2, -0.15) is 0 Å². The Morgan fingerprint density at radius 3 is 2.54 bits per heavy atom. The van der Waals surface area contributed by atoms with Crippen molar-refractivity contribution in [1.29, 1.82) is 0 Å². The second-order valence-electron chi connectivity index (χ2n) is 6.57. The summed E-state index contributed by atoms with van der Waals surface area (Å²) in [5.74, 6) is 1.46. The summed E-state index contributed by atoms with van der Waals surface area (Å²) in [5.41, 5.74) is 1.75. The number of aryl methyl sites for hydroxylation is 1. The number of nitrogens with one attached hydrogen (secondary N) is 1. The van der Waals surface area contributed by atoms with E-state index in [0.717, 1.165) is 37.6 Å². The third-order valence-corrected chi connectivity index (χ3v) is 4.95. The van der Waals surface area contributed by atoms with Gasteiger partial charge >= 0.3 is 6.03 Å². The van der Waals surface area contributed by atoms with Crippen LogP contribution in [0.4, 0.5) is 22.1 Å². The number of rotatable bonds is 3. The van der Waals surface area contributed by atoms with E-state index in [1.54, 1.807) is 19.2 Å². The van der Waals surface area contributed by atoms with Gasteiger partial charge in [-0.05, 0) is 37.7 Å². The fourth-order valence-corrected chi connectivity index (χ4v) is 3.22. The van der Waals surface area contributed by atoms with Crippen molar-refractivity contribution in [3.05, 3.63) is 47.0 Å². The SMILES string of the molecule is Cc1ccc(NC(=O)N(C)c2ccccc2Cl)nc1N1CCN(C)CC1. The summed E-state index contributed by atoms with van der Waals surface area (Å²) in [5, 5.41) is 3.39. The van der Waals surface area contributed by atoms with Gasteiger partial charge in [0.25, 0.3) is 0 Å². The zero-order chi connectivity index (χ0) is 18.7. The quantitative estimate of drug-likeness (QED) is 0.895. The lowest BCUT2D eigenvalue weighted by Crippen LogP contribution is -2.45. The van der Waals surface area contributed by atoms with E-state index in [2.05, 4.69) is 27.1 Å². The summed E-state index contributed by atoms with van der Waals surface area (Å²) in [6, 6.07) is 10.8. The van der Waals surface area contributed by atoms with Gasteiger partial charge in [-0.3, -0.25) is 10.2 Å². The summed E-state index contributed by atoms with van der Waals surface area (Å²) < 4.78 is 0. The van der Waals surface area contributed by atoms with Gasteiger partial charge in [-0.1, -0.05) is 29.8 Å². The lowest BCUT2D eigenvalue weighted by molar-refractivity contribution is 0.258. The van der Waals surface area contributed by atoms with Gasteiger partial charge in [0.15, 0.2) is 0 Å². The van der Waals surface area contributed by atoms with Crippen molar-refractivity contribution in [2.24, 2.45) is 0 Å². The number of carbonyl (C=O) groups is 1. The van der Waals surface area contributed by atoms with Crippen LogP contribution in [0.25, 0.3) is 0 Å². The standard InChI is InChI=1S/C19H24ClN5O/c1-14-8-9-17(21-18(14)25-12-10-23(2)11-13-25)22-19(26)24(3)16-7-5-4-6-15(16)20/h4-9H,10-13H2,1-3H3,(H,21,22,26). The van der Waals surface area contributed by atoms with Gasteiger partial charge in [-0.25, -0.2) is 9.78 Å². The van der Waals surface area contributed by atoms with Crippen LogP contribution in [-0.4, -0.2) is 56.2 Å². The van der Waals surface area contributed by atoms with Crippen molar-refractivity contribution in [3.8, 4) is 0 Å². The van der Waals surface area contributed by atoms with Gasteiger partial charge in [0.1, 0.15) is 11.6 Å². The number of pyridine rings is 1. The number of likely N-dealkylation sites (N-methyl/N-ethyl adjacent to an activating group) is 1. The summed E-state index contributed by atoms with van der Waals surface area (Å²) in [6.07, 6.45) is 0. The molecule has 1 aliphatic rings. The Bertz CT molecular complexity index is 789. The van der Waals surface area contributed by atoms with Crippen molar-refractivity contribution in [2.75, 3.05) is 55.4 Å². The minimum Gasteiger partial charge on any atom is -0.354 e. The number of urea groups is 1. The number of para-hydroxylation sites is 1. The zero-order valence-electron chi connectivity index (χ0n) is 15.4. The molecule has 1 fully saturated rings. The van der Waals surface area contributed by atoms with E-state index in [0.29, 0.717) is 16.5 Å². The van der Waals surface area contributed by atoms with Gasteiger partial charge < -0.3 is 9.80 Å². The number of amides is 2. The number of hydrogen-bond donors (Lipinski definition) is 1. The minimum absolute atomic E-state index is 0.279. The van der Waals surface area contributed by atoms with E-state index in [9.17, 15) is 4.79 Å². The predicted octanol–water partition coefficient (Wildman–Crippen LogP) is 3.46. The molecule has 0 radical (unpaired) electrons. The highest BCUT2D eigenvalue weighted by Crippen LogP contribution is 2.25. The number of aromatic nitrogens is 1. The fourth-order valence-electron chi connectivity index (χ4n) is 2.95. The Morgan fingerprint density at radius 1 is 1.15 bits per heavy atom. The maximum Gasteiger partial charge on any atom is 0.327 e. The first-order chi connectivity index (χ1) is 12.5. The lowest BCUT2D eigenvalue weighted by atomic mass is 10.2. The Kier molecular flexibility index (Phi) is 5.64. The Hall–Kier alpha value is -2.31. The van der Waals surface area contributed by atoms with E-state index in [1.165, 1.54) is 4.90 Å². The first kappa shape index (κ1) is 18.5. The molecule has 1 aliphatic heterocycles. The smallest absolute Gasteiger partial charge is 0.327 e. The number of hydrogen-bond acceptors (Lipinski definition) is 4. The molecule has 1 saturated heterocycles. The van der Waals surface area contributed by atoms with Crippen LogP contribution in [0.15, 0.2) is 36.4 Å². The van der Waals surface area contributed by atoms with Crippen molar-refractivity contribution in [1.82, 2.24) is 9.88 Å². The molecule has 1 aromatic heterocycles. The third kappa shape index (κ3) is 4.08. The molecular formula is C19H24ClN5O. The number of piperazine rings is 1. The molecule has 138 valence electrons. The van der Waals surface area contributed by atoms with Crippen LogP contribution < -0.4 is 15.1 Å². The van der Waals surface area contributed by atoms with E-state index in [-0.39, 0.29) is 6.03 Å². The van der Waals surface area contributed by atoms with E-state index in [4.69, 9.17) is 11.6 Å². The van der Waals surface area contributed by atoms with Crippen LogP contribution in [0, 0.1) is 6.92 Å². The summed E-state index contributed by atoms with van der Waals surface area (Å²) in [7, 11) is 3.81. The maximum absolute atomic E-state index is 12.6. The van der Waals surface area contributed by atoms with Gasteiger partial charge in [0.05, 0.1) is 10.7 Å². The first-order valence-electron chi connectivity index (χ1n) is 8.66. The summed E-state index contributed by atoms with van der Waals surface area (Å²) >= 11 is 6.18. The molecule has 26 heavy (non-hydrogen) atoms. The van der Waals surface area contributed by atoms with Gasteiger partial charge in [0.2, 0.25) is 0 Å². The molecule has 1 aromatic carbocycles. The highest BCUT2D eigenvalue weighted by atomic mass is 35.5. The van der Waals surface area contributed by atoms with Crippen LogP contribution in [-0.2, 0) is 0 Å². The summed E-state index contributed by atoms with van der Waals surface area (Å²) in [6.45, 7) is 5.92. The molecule has 0 unspecified atom stereocenters. The highest BCUT2D eigenvalue weighted by Gasteiger charge is 2.19. The molecule has 2 heterocycles. The number of carbonyl (C=O) groups excluding carboxylic acids is 1. The van der Waals surface area contributed by atoms with Crippen LogP contribution in [0.2, 0.25) is 5.02 Å². The molecule has 0 atom stereocenters. The van der Waals surface area contributed by atoms with Crippen molar-refractivity contribution < 1.29 is 4.79 Å². The lowest BCUT2D eigenvalue weighted by Gasteiger charge is -2.34. The molecule has 2 aromatic rings. The topological polar surface area (TPSA) is 51.7 Å². The van der Waals surface area contributed by atoms with Crippen molar-refractivity contribution >= 4 is 35.0 Å². The van der Waals surface area contributed by atoms with Crippen LogP contribution in [0.1, 0.15) is 5.56 Å². The molecule has 6 nitrogen and oxygen atoms in total. The van der Waals surface area contributed by atoms with Crippen LogP contribution in [0.3, 0.4) is 0 Å². The monoisotopic (exact) mass is 373 g/mol. The predicted molar refractivity (Wildman–Crippen MR) is 108 cm³/mol. The molecule has 0 aliphatic carbocycles. The van der Waals surface area contributed by atoms with Crippen molar-refractivity contribution in [3.63, 3.8) is 0 Å². The Morgan fingerprint density at radius 2 is 1.85 bits per heavy atom. The molecule has 0 bridgehead atoms. The van der Waals surface area contributed by atoms with Crippen LogP contribution >= 0.6 is 11.6 Å². The molecule has 1 N–H and O–H groups in total. The summed E-state index contributed by atoms with van der Waals surface area (Å²) in [4.78, 5) is 23.3. The number of anilines is 3. The van der Waals surface area contributed by atoms with Crippen LogP contribution in [0.5, 0.6) is 0 Å². The van der Waals surface area contributed by atoms with E-state index in [1.807, 2.05) is 31.2 Å². The van der Waals surface area contributed by atoms with E-state index >= 15 is 0 Å². The molecule has 0 spiro atoms. The maximum atomic E-state index is 12.6. The highest BCUT2D eigenvalue weighted by molar-refractivity contribution is 6.33. The number of nitrogens with zero attached hydrogens (tertiary/aromatic N) is 4. The average Bonchev–Trinajstić information content (AvgIpc) is 2.64. The average molecular weight is 374 g/mol. The minimum atomic E-state index is -0.279. The zero-order valence-corrected chi connectivity index (χ0v) is 16.1. The number of halogens is 1. The largest absolute Gasteiger partial charge is 0.354 e. The third-order valence-electron chi connectivity index (χ3n) is 4.63. The van der Waals surface area contributed by atoms with Gasteiger partial charge in [-0.15, -0.1) is 0 Å². The van der Waals surface area contributed by atoms with E-state index < -0.39 is 0 Å². The molecular weight excluding hydrogens is 350 g/mol. The normalized spacial score (nSPS) is 15.0.